The molecule has 1 saturated heterocycles. The van der Waals surface area contributed by atoms with Gasteiger partial charge in [-0.3, -0.25) is 14.3 Å². The van der Waals surface area contributed by atoms with Gasteiger partial charge in [-0.1, -0.05) is 0 Å². The highest BCUT2D eigenvalue weighted by atomic mass is 19.1. The van der Waals surface area contributed by atoms with Crippen molar-refractivity contribution in [3.05, 3.63) is 17.5 Å². The summed E-state index contributed by atoms with van der Waals surface area (Å²) in [6.45, 7) is 2.87. The van der Waals surface area contributed by atoms with Crippen LogP contribution >= 0.6 is 0 Å². The lowest BCUT2D eigenvalue weighted by Crippen LogP contribution is -2.52. The highest BCUT2D eigenvalue weighted by Crippen LogP contribution is 2.27. The van der Waals surface area contributed by atoms with Crippen molar-refractivity contribution in [2.24, 2.45) is 7.05 Å². The van der Waals surface area contributed by atoms with Gasteiger partial charge in [0.25, 0.3) is 11.8 Å². The average Bonchev–Trinajstić information content (AvgIpc) is 2.87. The Labute approximate surface area is 134 Å². The summed E-state index contributed by atoms with van der Waals surface area (Å²) >= 11 is 0. The molecule has 2 heterocycles. The molecule has 8 heteroatoms. The van der Waals surface area contributed by atoms with Crippen molar-refractivity contribution in [2.45, 2.75) is 25.4 Å². The lowest BCUT2D eigenvalue weighted by molar-refractivity contribution is -0.135. The smallest absolute Gasteiger partial charge is 0.274 e. The molecule has 1 aromatic heterocycles. The van der Waals surface area contributed by atoms with E-state index in [0.29, 0.717) is 12.3 Å². The van der Waals surface area contributed by atoms with Crippen molar-refractivity contribution in [1.29, 1.82) is 0 Å². The van der Waals surface area contributed by atoms with E-state index in [1.807, 2.05) is 6.92 Å². The van der Waals surface area contributed by atoms with Crippen LogP contribution in [0.3, 0.4) is 0 Å². The molecule has 1 N–H and O–H groups in total. The van der Waals surface area contributed by atoms with Gasteiger partial charge in [0.2, 0.25) is 0 Å². The molecule has 23 heavy (non-hydrogen) atoms. The molecule has 128 valence electrons. The lowest BCUT2D eigenvalue weighted by atomic mass is 9.92. The second kappa shape index (κ2) is 7.08. The minimum atomic E-state index is -1.93. The molecular formula is C15H23FN4O3. The van der Waals surface area contributed by atoms with Gasteiger partial charge in [-0.25, -0.2) is 4.39 Å². The summed E-state index contributed by atoms with van der Waals surface area (Å²) in [5.74, 6) is -0.856. The fourth-order valence-electron chi connectivity index (χ4n) is 2.54. The van der Waals surface area contributed by atoms with E-state index < -0.39 is 11.6 Å². The fourth-order valence-corrected chi connectivity index (χ4v) is 2.54. The number of likely N-dealkylation sites (tertiary alicyclic amines) is 1. The van der Waals surface area contributed by atoms with Gasteiger partial charge in [-0.15, -0.1) is 0 Å². The molecule has 0 spiro atoms. The second-order valence-corrected chi connectivity index (χ2v) is 5.80. The summed E-state index contributed by atoms with van der Waals surface area (Å²) in [6, 6.07) is 1.71. The number of halogens is 1. The van der Waals surface area contributed by atoms with Crippen LogP contribution in [0.1, 0.15) is 29.0 Å². The Hall–Kier alpha value is -1.96. The van der Waals surface area contributed by atoms with Crippen LogP contribution in [0.5, 0.6) is 0 Å². The van der Waals surface area contributed by atoms with Crippen LogP contribution in [-0.2, 0) is 16.6 Å². The van der Waals surface area contributed by atoms with Gasteiger partial charge in [0, 0.05) is 52.3 Å². The van der Waals surface area contributed by atoms with Gasteiger partial charge in [-0.05, 0) is 13.0 Å². The molecule has 0 atom stereocenters. The Morgan fingerprint density at radius 2 is 2.09 bits per heavy atom. The maximum Gasteiger partial charge on any atom is 0.274 e. The zero-order valence-electron chi connectivity index (χ0n) is 13.8. The minimum absolute atomic E-state index is 0.0105. The monoisotopic (exact) mass is 326 g/mol. The topological polar surface area (TPSA) is 76.5 Å². The van der Waals surface area contributed by atoms with Crippen LogP contribution in [0.4, 0.5) is 4.39 Å². The largest absolute Gasteiger partial charge is 0.383 e. The number of aryl methyl sites for hydroxylation is 2. The lowest BCUT2D eigenvalue weighted by Gasteiger charge is -2.35. The maximum absolute atomic E-state index is 14.7. The molecule has 1 fully saturated rings. The third-order valence-electron chi connectivity index (χ3n) is 4.17. The summed E-state index contributed by atoms with van der Waals surface area (Å²) in [6.07, 6.45) is -0.0211. The summed E-state index contributed by atoms with van der Waals surface area (Å²) in [5.41, 5.74) is -0.700. The van der Waals surface area contributed by atoms with Gasteiger partial charge in [0.05, 0.1) is 6.61 Å². The maximum atomic E-state index is 14.7. The van der Waals surface area contributed by atoms with Crippen LogP contribution in [-0.4, -0.2) is 65.5 Å². The van der Waals surface area contributed by atoms with Gasteiger partial charge in [0.1, 0.15) is 0 Å². The number of nitrogens with one attached hydrogen (secondary N) is 1. The molecule has 1 aliphatic heterocycles. The molecule has 0 aliphatic carbocycles. The molecule has 7 nitrogen and oxygen atoms in total. The van der Waals surface area contributed by atoms with Gasteiger partial charge >= 0.3 is 0 Å². The van der Waals surface area contributed by atoms with Gasteiger partial charge in [-0.2, -0.15) is 5.10 Å². The van der Waals surface area contributed by atoms with Crippen molar-refractivity contribution in [3.63, 3.8) is 0 Å². The Morgan fingerprint density at radius 1 is 1.43 bits per heavy atom. The molecule has 0 unspecified atom stereocenters. The van der Waals surface area contributed by atoms with E-state index in [-0.39, 0.29) is 38.4 Å². The molecule has 0 bridgehead atoms. The Kier molecular flexibility index (Phi) is 5.35. The highest BCUT2D eigenvalue weighted by Gasteiger charge is 2.42. The molecule has 1 aliphatic rings. The van der Waals surface area contributed by atoms with E-state index in [1.54, 1.807) is 22.7 Å². The zero-order valence-corrected chi connectivity index (χ0v) is 13.8. The summed E-state index contributed by atoms with van der Waals surface area (Å²) in [5, 5.41) is 6.67. The predicted octanol–water partition coefficient (Wildman–Crippen LogP) is 0.435. The number of piperidine rings is 1. The van der Waals surface area contributed by atoms with Crippen molar-refractivity contribution in [3.8, 4) is 0 Å². The quantitative estimate of drug-likeness (QED) is 0.797. The van der Waals surface area contributed by atoms with Crippen LogP contribution in [0.25, 0.3) is 0 Å². The Morgan fingerprint density at radius 3 is 2.61 bits per heavy atom. The number of carbonyl (C=O) groups is 2. The number of rotatable bonds is 5. The van der Waals surface area contributed by atoms with Crippen LogP contribution < -0.4 is 5.32 Å². The van der Waals surface area contributed by atoms with Crippen LogP contribution in [0.2, 0.25) is 0 Å². The molecule has 1 aromatic rings. The summed E-state index contributed by atoms with van der Waals surface area (Å²) in [7, 11) is 3.28. The number of hydrogen-bond acceptors (Lipinski definition) is 4. The molecule has 2 amide bonds. The van der Waals surface area contributed by atoms with Crippen molar-refractivity contribution in [1.82, 2.24) is 20.0 Å². The minimum Gasteiger partial charge on any atom is -0.383 e. The zero-order chi connectivity index (χ0) is 17.0. The first kappa shape index (κ1) is 17.4. The van der Waals surface area contributed by atoms with Gasteiger partial charge < -0.3 is 15.0 Å². The van der Waals surface area contributed by atoms with Gasteiger partial charge in [0.15, 0.2) is 11.4 Å². The standard InChI is InChI=1S/C15H23FN4O3/c1-11-10-12(18-19(11)2)13(21)20-7-4-15(16,5-8-20)14(22)17-6-9-23-3/h10H,4-9H2,1-3H3,(H,17,22). The Bertz CT molecular complexity index is 560. The Balaban J connectivity index is 1.92. The number of alkyl halides is 1. The number of hydrogen-bond donors (Lipinski definition) is 1. The predicted molar refractivity (Wildman–Crippen MR) is 81.8 cm³/mol. The molecule has 0 saturated carbocycles. The van der Waals surface area contributed by atoms with E-state index in [2.05, 4.69) is 10.4 Å². The summed E-state index contributed by atoms with van der Waals surface area (Å²) < 4.78 is 21.1. The van der Waals surface area contributed by atoms with Crippen LogP contribution in [0.15, 0.2) is 6.07 Å². The number of amides is 2. The third kappa shape index (κ3) is 3.87. The number of nitrogens with zero attached hydrogens (tertiary/aromatic N) is 3. The van der Waals surface area contributed by atoms with Crippen LogP contribution in [0, 0.1) is 6.92 Å². The van der Waals surface area contributed by atoms with E-state index in [9.17, 15) is 14.0 Å². The van der Waals surface area contributed by atoms with Crippen molar-refractivity contribution >= 4 is 11.8 Å². The average molecular weight is 326 g/mol. The summed E-state index contributed by atoms with van der Waals surface area (Å²) in [4.78, 5) is 25.8. The second-order valence-electron chi connectivity index (χ2n) is 5.80. The first-order chi connectivity index (χ1) is 10.9. The van der Waals surface area contributed by atoms with E-state index >= 15 is 0 Å². The third-order valence-corrected chi connectivity index (χ3v) is 4.17. The number of methoxy groups -OCH3 is 1. The first-order valence-electron chi connectivity index (χ1n) is 7.63. The number of aromatic nitrogens is 2. The van der Waals surface area contributed by atoms with E-state index in [1.165, 1.54) is 7.11 Å². The fraction of sp³-hybridized carbons (Fsp3) is 0.667. The number of carbonyl (C=O) groups excluding carboxylic acids is 2. The first-order valence-corrected chi connectivity index (χ1v) is 7.63. The van der Waals surface area contributed by atoms with Crippen molar-refractivity contribution < 1.29 is 18.7 Å². The van der Waals surface area contributed by atoms with Crippen molar-refractivity contribution in [2.75, 3.05) is 33.4 Å². The molecule has 0 aromatic carbocycles. The molecule has 2 rings (SSSR count). The van der Waals surface area contributed by atoms with E-state index in [0.717, 1.165) is 5.69 Å². The molecular weight excluding hydrogens is 303 g/mol. The highest BCUT2D eigenvalue weighted by molar-refractivity contribution is 5.93. The molecule has 0 radical (unpaired) electrons. The SMILES string of the molecule is COCCNC(=O)C1(F)CCN(C(=O)c2cc(C)n(C)n2)CC1. The van der Waals surface area contributed by atoms with E-state index in [4.69, 9.17) is 4.74 Å². The normalized spacial score (nSPS) is 17.1. The number of ether oxygens (including phenoxy) is 1.